The average Bonchev–Trinajstić information content (AvgIpc) is 2.29. The van der Waals surface area contributed by atoms with E-state index in [9.17, 15) is 8.78 Å². The van der Waals surface area contributed by atoms with Crippen molar-refractivity contribution >= 4 is 0 Å². The summed E-state index contributed by atoms with van der Waals surface area (Å²) in [4.78, 5) is 0. The van der Waals surface area contributed by atoms with Gasteiger partial charge in [0.25, 0.3) is 0 Å². The van der Waals surface area contributed by atoms with Crippen molar-refractivity contribution < 1.29 is 8.78 Å². The third kappa shape index (κ3) is 2.40. The highest BCUT2D eigenvalue weighted by molar-refractivity contribution is 5.23. The van der Waals surface area contributed by atoms with Crippen LogP contribution in [0.1, 0.15) is 37.2 Å². The minimum absolute atomic E-state index is 0.229. The van der Waals surface area contributed by atoms with E-state index in [0.717, 1.165) is 31.7 Å². The molecule has 0 aliphatic heterocycles. The van der Waals surface area contributed by atoms with Crippen molar-refractivity contribution in [1.82, 2.24) is 5.32 Å². The number of benzene rings is 1. The highest BCUT2D eigenvalue weighted by Gasteiger charge is 2.24. The summed E-state index contributed by atoms with van der Waals surface area (Å²) < 4.78 is 26.4. The lowest BCUT2D eigenvalue weighted by molar-refractivity contribution is 0.349. The first-order valence-electron chi connectivity index (χ1n) is 5.83. The van der Waals surface area contributed by atoms with E-state index in [4.69, 9.17) is 0 Å². The summed E-state index contributed by atoms with van der Waals surface area (Å²) in [6.45, 7) is 0. The second-order valence-electron chi connectivity index (χ2n) is 4.51. The maximum absolute atomic E-state index is 13.6. The van der Waals surface area contributed by atoms with Crippen LogP contribution in [0.5, 0.6) is 0 Å². The van der Waals surface area contributed by atoms with E-state index in [1.165, 1.54) is 6.07 Å². The van der Waals surface area contributed by atoms with Crippen molar-refractivity contribution in [1.29, 1.82) is 0 Å². The third-order valence-electron chi connectivity index (χ3n) is 3.48. The predicted molar refractivity (Wildman–Crippen MR) is 60.4 cm³/mol. The number of hydrogen-bond acceptors (Lipinski definition) is 1. The Labute approximate surface area is 94.9 Å². The van der Waals surface area contributed by atoms with Crippen LogP contribution in [-0.4, -0.2) is 13.1 Å². The van der Waals surface area contributed by atoms with E-state index in [0.29, 0.717) is 11.6 Å². The fourth-order valence-corrected chi connectivity index (χ4v) is 2.57. The Hall–Kier alpha value is -0.960. The molecule has 16 heavy (non-hydrogen) atoms. The molecule has 2 unspecified atom stereocenters. The van der Waals surface area contributed by atoms with E-state index in [2.05, 4.69) is 5.32 Å². The van der Waals surface area contributed by atoms with Crippen LogP contribution in [-0.2, 0) is 0 Å². The molecule has 1 aromatic carbocycles. The molecule has 1 saturated carbocycles. The molecule has 0 aromatic heterocycles. The molecule has 0 spiro atoms. The fourth-order valence-electron chi connectivity index (χ4n) is 2.57. The van der Waals surface area contributed by atoms with Crippen LogP contribution in [0.4, 0.5) is 8.78 Å². The highest BCUT2D eigenvalue weighted by Crippen LogP contribution is 2.34. The van der Waals surface area contributed by atoms with Gasteiger partial charge in [-0.15, -0.1) is 0 Å². The van der Waals surface area contributed by atoms with Crippen molar-refractivity contribution in [3.8, 4) is 0 Å². The van der Waals surface area contributed by atoms with Gasteiger partial charge in [-0.2, -0.15) is 0 Å². The van der Waals surface area contributed by atoms with Gasteiger partial charge in [-0.05, 0) is 43.9 Å². The summed E-state index contributed by atoms with van der Waals surface area (Å²) in [6.07, 6.45) is 4.20. The Kier molecular flexibility index (Phi) is 3.54. The molecule has 1 N–H and O–H groups in total. The molecule has 1 nitrogen and oxygen atoms in total. The van der Waals surface area contributed by atoms with E-state index in [1.807, 2.05) is 7.05 Å². The minimum atomic E-state index is -0.498. The zero-order valence-corrected chi connectivity index (χ0v) is 9.47. The Morgan fingerprint density at radius 2 is 2.06 bits per heavy atom. The van der Waals surface area contributed by atoms with Gasteiger partial charge in [0, 0.05) is 12.1 Å². The molecule has 0 saturated heterocycles. The molecule has 1 aromatic rings. The number of rotatable bonds is 2. The Bertz CT molecular complexity index is 365. The van der Waals surface area contributed by atoms with Gasteiger partial charge in [-0.25, -0.2) is 8.78 Å². The summed E-state index contributed by atoms with van der Waals surface area (Å²) in [7, 11) is 1.94. The maximum Gasteiger partial charge on any atom is 0.129 e. The summed E-state index contributed by atoms with van der Waals surface area (Å²) >= 11 is 0. The molecular formula is C13H17F2N. The van der Waals surface area contributed by atoms with Gasteiger partial charge in [0.15, 0.2) is 0 Å². The van der Waals surface area contributed by atoms with E-state index in [1.54, 1.807) is 6.07 Å². The van der Waals surface area contributed by atoms with Crippen LogP contribution >= 0.6 is 0 Å². The topological polar surface area (TPSA) is 12.0 Å². The molecule has 0 bridgehead atoms. The van der Waals surface area contributed by atoms with Crippen LogP contribution in [0.2, 0.25) is 0 Å². The molecule has 1 fully saturated rings. The Balaban J connectivity index is 2.16. The van der Waals surface area contributed by atoms with Crippen LogP contribution < -0.4 is 5.32 Å². The molecule has 0 radical (unpaired) electrons. The van der Waals surface area contributed by atoms with Crippen LogP contribution in [0.25, 0.3) is 0 Å². The van der Waals surface area contributed by atoms with E-state index >= 15 is 0 Å². The normalized spacial score (nSPS) is 25.7. The van der Waals surface area contributed by atoms with Crippen molar-refractivity contribution in [3.63, 3.8) is 0 Å². The first kappa shape index (κ1) is 11.5. The molecule has 0 heterocycles. The molecule has 2 rings (SSSR count). The van der Waals surface area contributed by atoms with Gasteiger partial charge in [0.05, 0.1) is 0 Å². The van der Waals surface area contributed by atoms with Crippen molar-refractivity contribution in [2.45, 2.75) is 37.6 Å². The Morgan fingerprint density at radius 3 is 2.75 bits per heavy atom. The van der Waals surface area contributed by atoms with Gasteiger partial charge in [0.1, 0.15) is 11.6 Å². The molecule has 1 aliphatic rings. The second kappa shape index (κ2) is 4.91. The van der Waals surface area contributed by atoms with Crippen molar-refractivity contribution in [2.75, 3.05) is 7.05 Å². The van der Waals surface area contributed by atoms with Crippen molar-refractivity contribution in [3.05, 3.63) is 35.4 Å². The zero-order chi connectivity index (χ0) is 11.5. The monoisotopic (exact) mass is 225 g/mol. The lowest BCUT2D eigenvalue weighted by Crippen LogP contribution is -2.30. The molecule has 1 aliphatic carbocycles. The predicted octanol–water partition coefficient (Wildman–Crippen LogP) is 3.21. The van der Waals surface area contributed by atoms with E-state index < -0.39 is 11.6 Å². The lowest BCUT2D eigenvalue weighted by atomic mass is 9.81. The summed E-state index contributed by atoms with van der Waals surface area (Å²) in [6, 6.07) is 4.39. The average molecular weight is 225 g/mol. The van der Waals surface area contributed by atoms with Gasteiger partial charge in [-0.3, -0.25) is 0 Å². The number of nitrogens with one attached hydrogen (secondary N) is 1. The molecule has 2 atom stereocenters. The van der Waals surface area contributed by atoms with Gasteiger partial charge in [0.2, 0.25) is 0 Å². The first-order valence-corrected chi connectivity index (χ1v) is 5.83. The minimum Gasteiger partial charge on any atom is -0.317 e. The van der Waals surface area contributed by atoms with Crippen LogP contribution in [0, 0.1) is 11.6 Å². The second-order valence-corrected chi connectivity index (χ2v) is 4.51. The van der Waals surface area contributed by atoms with Gasteiger partial charge < -0.3 is 5.32 Å². The maximum atomic E-state index is 13.6. The van der Waals surface area contributed by atoms with E-state index in [-0.39, 0.29) is 5.92 Å². The zero-order valence-electron chi connectivity index (χ0n) is 9.47. The molecule has 88 valence electrons. The first-order chi connectivity index (χ1) is 7.70. The Morgan fingerprint density at radius 1 is 1.25 bits per heavy atom. The number of halogens is 2. The molecule has 0 amide bonds. The van der Waals surface area contributed by atoms with Crippen LogP contribution in [0.3, 0.4) is 0 Å². The molecule has 3 heteroatoms. The van der Waals surface area contributed by atoms with Crippen molar-refractivity contribution in [2.24, 2.45) is 0 Å². The standard InChI is InChI=1S/C13H17F2N/c1-16-11-4-2-3-9(7-11)12-6-5-10(14)8-13(12)15/h5-6,8-9,11,16H,2-4,7H2,1H3. The van der Waals surface area contributed by atoms with Gasteiger partial charge >= 0.3 is 0 Å². The quantitative estimate of drug-likeness (QED) is 0.815. The smallest absolute Gasteiger partial charge is 0.129 e. The molecular weight excluding hydrogens is 208 g/mol. The fraction of sp³-hybridized carbons (Fsp3) is 0.538. The largest absolute Gasteiger partial charge is 0.317 e. The number of hydrogen-bond donors (Lipinski definition) is 1. The summed E-state index contributed by atoms with van der Waals surface area (Å²) in [5, 5.41) is 3.24. The van der Waals surface area contributed by atoms with Crippen LogP contribution in [0.15, 0.2) is 18.2 Å². The highest BCUT2D eigenvalue weighted by atomic mass is 19.1. The third-order valence-corrected chi connectivity index (χ3v) is 3.48. The van der Waals surface area contributed by atoms with Gasteiger partial charge in [-0.1, -0.05) is 12.5 Å². The summed E-state index contributed by atoms with van der Waals surface area (Å²) in [5.41, 5.74) is 0.668. The summed E-state index contributed by atoms with van der Waals surface area (Å²) in [5.74, 6) is -0.671. The SMILES string of the molecule is CNC1CCCC(c2ccc(F)cc2F)C1. The lowest BCUT2D eigenvalue weighted by Gasteiger charge is -2.29.